The first-order valence-electron chi connectivity index (χ1n) is 13.7. The third-order valence-electron chi connectivity index (χ3n) is 6.80. The van der Waals surface area contributed by atoms with E-state index in [1.165, 1.54) is 16.8 Å². The summed E-state index contributed by atoms with van der Waals surface area (Å²) in [5.74, 6) is -5.98. The molecule has 0 atom stereocenters. The average molecular weight is 723 g/mol. The molecule has 4 heterocycles. The minimum atomic E-state index is -5.77. The van der Waals surface area contributed by atoms with Gasteiger partial charge in [-0.15, -0.1) is 0 Å². The Balaban J connectivity index is 0.000000371. The smallest absolute Gasteiger partial charge is 0.339 e. The van der Waals surface area contributed by atoms with Gasteiger partial charge in [-0.2, -0.15) is 35.6 Å². The van der Waals surface area contributed by atoms with Crippen LogP contribution in [0.1, 0.15) is 11.1 Å². The van der Waals surface area contributed by atoms with Gasteiger partial charge in [0, 0.05) is 43.8 Å². The number of anilines is 5. The zero-order chi connectivity index (χ0) is 35.4. The molecule has 258 valence electrons. The average Bonchev–Trinajstić information content (AvgIpc) is 3.01. The second kappa shape index (κ2) is 14.3. The van der Waals surface area contributed by atoms with Gasteiger partial charge in [-0.1, -0.05) is 11.6 Å². The summed E-state index contributed by atoms with van der Waals surface area (Å²) in [6, 6.07) is 7.36. The van der Waals surface area contributed by atoms with Crippen molar-refractivity contribution in [3.8, 4) is 0 Å². The Morgan fingerprint density at radius 1 is 0.875 bits per heavy atom. The molecule has 2 amide bonds. The molecule has 48 heavy (non-hydrogen) atoms. The van der Waals surface area contributed by atoms with Crippen LogP contribution in [0, 0.1) is 0 Å². The molecule has 0 aliphatic carbocycles. The van der Waals surface area contributed by atoms with Gasteiger partial charge in [-0.25, -0.2) is 18.2 Å². The second-order valence-electron chi connectivity index (χ2n) is 10.3. The zero-order valence-electron chi connectivity index (χ0n) is 24.6. The monoisotopic (exact) mass is 722 g/mol. The Bertz CT molecular complexity index is 1790. The Morgan fingerprint density at radius 2 is 1.52 bits per heavy atom. The minimum absolute atomic E-state index is 0.264. The van der Waals surface area contributed by atoms with Gasteiger partial charge >= 0.3 is 30.0 Å². The van der Waals surface area contributed by atoms with Gasteiger partial charge in [-0.05, 0) is 48.2 Å². The molecule has 1 fully saturated rings. The predicted octanol–water partition coefficient (Wildman–Crippen LogP) is 4.47. The van der Waals surface area contributed by atoms with Crippen LogP contribution < -0.4 is 16.0 Å². The third kappa shape index (κ3) is 9.50. The van der Waals surface area contributed by atoms with E-state index in [1.54, 1.807) is 17.3 Å². The van der Waals surface area contributed by atoms with Gasteiger partial charge in [0.1, 0.15) is 5.02 Å². The van der Waals surface area contributed by atoms with Crippen LogP contribution in [0.25, 0.3) is 0 Å². The lowest BCUT2D eigenvalue weighted by Crippen LogP contribution is -2.51. The van der Waals surface area contributed by atoms with E-state index in [4.69, 9.17) is 11.6 Å². The molecule has 0 radical (unpaired) electrons. The normalized spacial score (nSPS) is 15.2. The van der Waals surface area contributed by atoms with E-state index in [-0.39, 0.29) is 19.1 Å². The second-order valence-corrected chi connectivity index (χ2v) is 12.7. The number of rotatable bonds is 3. The molecule has 1 aromatic carbocycles. The highest BCUT2D eigenvalue weighted by atomic mass is 35.5. The van der Waals surface area contributed by atoms with Crippen LogP contribution in [0.3, 0.4) is 0 Å². The summed E-state index contributed by atoms with van der Waals surface area (Å²) >= 11 is 6.33. The maximum Gasteiger partial charge on any atom is 0.458 e. The number of benzene rings is 1. The number of carbonyl (C=O) groups is 3. The number of hydrogen-bond donors (Lipinski definition) is 3. The highest BCUT2D eigenvalue weighted by molar-refractivity contribution is 7.88. The van der Waals surface area contributed by atoms with Gasteiger partial charge in [0.15, 0.2) is 5.82 Å². The topological polar surface area (TPSA) is 167 Å². The van der Waals surface area contributed by atoms with E-state index in [1.807, 2.05) is 24.3 Å². The molecule has 6 bridgehead atoms. The van der Waals surface area contributed by atoms with Gasteiger partial charge in [0.05, 0.1) is 24.3 Å². The van der Waals surface area contributed by atoms with Crippen LogP contribution in [-0.4, -0.2) is 95.0 Å². The first-order chi connectivity index (χ1) is 22.3. The third-order valence-corrected chi connectivity index (χ3v) is 8.38. The number of hydrogen-bond acceptors (Lipinski definition) is 10. The van der Waals surface area contributed by atoms with Gasteiger partial charge in [0.25, 0.3) is 0 Å². The molecule has 5 rings (SSSR count). The zero-order valence-corrected chi connectivity index (χ0v) is 26.2. The van der Waals surface area contributed by atoms with Crippen LogP contribution in [0.15, 0.2) is 42.9 Å². The molecule has 0 saturated carbocycles. The Morgan fingerprint density at radius 3 is 2.12 bits per heavy atom. The molecule has 2 aliphatic rings. The molecule has 13 nitrogen and oxygen atoms in total. The Hall–Kier alpha value is -4.56. The van der Waals surface area contributed by atoms with E-state index < -0.39 is 33.9 Å². The van der Waals surface area contributed by atoms with Gasteiger partial charge < -0.3 is 20.9 Å². The van der Waals surface area contributed by atoms with Crippen LogP contribution in [0.5, 0.6) is 0 Å². The Kier molecular flexibility index (Phi) is 10.8. The lowest BCUT2D eigenvalue weighted by atomic mass is 10.0. The highest BCUT2D eigenvalue weighted by Gasteiger charge is 2.54. The number of sulfonamides is 1. The van der Waals surface area contributed by atoms with Gasteiger partial charge in [0.2, 0.25) is 16.0 Å². The van der Waals surface area contributed by atoms with Crippen molar-refractivity contribution in [2.75, 3.05) is 48.4 Å². The van der Waals surface area contributed by atoms with Crippen molar-refractivity contribution in [3.05, 3.63) is 59.0 Å². The lowest BCUT2D eigenvalue weighted by molar-refractivity contribution is -0.193. The number of carbonyl (C=O) groups excluding carboxylic acids is 3. The fraction of sp³-hybridized carbons (Fsp3) is 0.333. The van der Waals surface area contributed by atoms with Crippen molar-refractivity contribution >= 4 is 68.1 Å². The summed E-state index contributed by atoms with van der Waals surface area (Å²) in [4.78, 5) is 46.9. The minimum Gasteiger partial charge on any atom is -0.339 e. The maximum atomic E-state index is 13.0. The maximum absolute atomic E-state index is 13.0. The number of piperazine rings is 1. The summed E-state index contributed by atoms with van der Waals surface area (Å²) in [6.07, 6.45) is -3.99. The molecule has 2 aromatic heterocycles. The number of aromatic nitrogens is 3. The number of nitrogens with zero attached hydrogens (tertiary/aromatic N) is 5. The van der Waals surface area contributed by atoms with Crippen molar-refractivity contribution in [1.82, 2.24) is 24.2 Å². The van der Waals surface area contributed by atoms with E-state index >= 15 is 0 Å². The number of amides is 2. The van der Waals surface area contributed by atoms with E-state index in [0.717, 1.165) is 22.5 Å². The number of Topliss-reactive ketones (excluding diaryl/α,β-unsaturated/α-hetero) is 2. The van der Waals surface area contributed by atoms with Crippen LogP contribution in [-0.2, 0) is 32.5 Å². The number of pyridine rings is 1. The number of nitrogens with one attached hydrogen (secondary N) is 3. The fourth-order valence-corrected chi connectivity index (χ4v) is 5.39. The summed E-state index contributed by atoms with van der Waals surface area (Å²) in [5, 5.41) is 9.77. The summed E-state index contributed by atoms with van der Waals surface area (Å²) in [6.45, 7) is 1.21. The molecule has 0 unspecified atom stereocenters. The molecule has 2 aliphatic heterocycles. The van der Waals surface area contributed by atoms with Crippen LogP contribution in [0.4, 0.5) is 60.0 Å². The predicted molar refractivity (Wildman–Crippen MR) is 161 cm³/mol. The number of ketones is 2. The first kappa shape index (κ1) is 36.3. The lowest BCUT2D eigenvalue weighted by Gasteiger charge is -2.33. The molecule has 21 heteroatoms. The number of halogens is 7. The summed E-state index contributed by atoms with van der Waals surface area (Å²) < 4.78 is 91.9. The van der Waals surface area contributed by atoms with Crippen molar-refractivity contribution in [1.29, 1.82) is 0 Å². The molecule has 3 N–H and O–H groups in total. The quantitative estimate of drug-likeness (QED) is 0.259. The van der Waals surface area contributed by atoms with Crippen LogP contribution in [0.2, 0.25) is 5.02 Å². The van der Waals surface area contributed by atoms with Gasteiger partial charge in [-0.3, -0.25) is 14.6 Å². The number of fused-ring (bicyclic) bond motifs is 6. The molecular weight excluding hydrogens is 698 g/mol. The van der Waals surface area contributed by atoms with Crippen molar-refractivity contribution in [2.24, 2.45) is 0 Å². The largest absolute Gasteiger partial charge is 0.458 e. The van der Waals surface area contributed by atoms with E-state index in [9.17, 15) is 49.1 Å². The number of urea groups is 1. The Labute approximate surface area is 273 Å². The summed E-state index contributed by atoms with van der Waals surface area (Å²) in [7, 11) is -3.27. The first-order valence-corrected chi connectivity index (χ1v) is 15.9. The number of aryl methyl sites for hydroxylation is 2. The molecule has 3 aromatic rings. The molecule has 1 saturated heterocycles. The standard InChI is InChI=1S/C23H25ClN8O3S.C4F6O2/c1-36(34,35)32-8-6-31(7-9-32)23(33)29-20-5-4-17-11-16(20)3-2-15-10-18(13-25-12-15)28-22-26-14-19(24)21(27-17)30-22;5-3(6,7)1(11)2(12)4(8,9)10/h4-5,10-14H,2-3,6-9H2,1H3,(H,29,33)(H2,26,27,28,30);. The highest BCUT2D eigenvalue weighted by Crippen LogP contribution is 2.30. The van der Waals surface area contributed by atoms with E-state index in [0.29, 0.717) is 48.4 Å². The summed E-state index contributed by atoms with van der Waals surface area (Å²) in [5.41, 5.74) is 4.14. The van der Waals surface area contributed by atoms with E-state index in [2.05, 4.69) is 30.9 Å². The SMILES string of the molecule is CS(=O)(=O)N1CCN(C(=O)Nc2ccc3cc2CCc2cncc(c2)Nc2ncc(Cl)c(n2)N3)CC1.O=C(C(=O)C(F)(F)F)C(F)(F)F. The van der Waals surface area contributed by atoms with Crippen LogP contribution >= 0.6 is 11.6 Å². The number of alkyl halides is 6. The van der Waals surface area contributed by atoms with Crippen molar-refractivity contribution in [2.45, 2.75) is 25.2 Å². The van der Waals surface area contributed by atoms with Crippen molar-refractivity contribution in [3.63, 3.8) is 0 Å². The molecule has 0 spiro atoms. The fourth-order valence-electron chi connectivity index (χ4n) is 4.43. The van der Waals surface area contributed by atoms with Crippen molar-refractivity contribution < 1.29 is 49.1 Å². The molecular formula is C27H25ClF6N8O5S.